The molecule has 0 aliphatic heterocycles. The molecule has 0 saturated carbocycles. The second-order valence-electron chi connectivity index (χ2n) is 7.78. The van der Waals surface area contributed by atoms with Crippen LogP contribution in [0.3, 0.4) is 0 Å². The molecule has 1 aromatic heterocycles. The minimum atomic E-state index is -0.449. The molecule has 33 heavy (non-hydrogen) atoms. The van der Waals surface area contributed by atoms with Gasteiger partial charge in [0.05, 0.1) is 13.7 Å². The monoisotopic (exact) mass is 465 g/mol. The number of rotatable bonds is 8. The van der Waals surface area contributed by atoms with E-state index in [2.05, 4.69) is 17.4 Å². The average molecular weight is 466 g/mol. The maximum Gasteiger partial charge on any atom is 0.341 e. The smallest absolute Gasteiger partial charge is 0.341 e. The Morgan fingerprint density at radius 1 is 1.03 bits per heavy atom. The third-order valence-electron chi connectivity index (χ3n) is 5.59. The predicted octanol–water partition coefficient (Wildman–Crippen LogP) is 5.50. The maximum absolute atomic E-state index is 12.8. The Hall–Kier alpha value is -3.32. The Kier molecular flexibility index (Phi) is 7.29. The Morgan fingerprint density at radius 3 is 2.61 bits per heavy atom. The van der Waals surface area contributed by atoms with Crippen molar-refractivity contribution in [3.8, 4) is 22.6 Å². The number of carbonyl (C=O) groups excluding carboxylic acids is 2. The molecule has 1 aliphatic carbocycles. The lowest BCUT2D eigenvalue weighted by atomic mass is 9.89. The first-order valence-electron chi connectivity index (χ1n) is 11.1. The summed E-state index contributed by atoms with van der Waals surface area (Å²) in [7, 11) is 1.57. The molecule has 0 bridgehead atoms. The topological polar surface area (TPSA) is 73.9 Å². The Balaban J connectivity index is 1.54. The van der Waals surface area contributed by atoms with Crippen molar-refractivity contribution in [3.05, 3.63) is 64.5 Å². The first-order chi connectivity index (χ1) is 16.1. The van der Waals surface area contributed by atoms with Crippen LogP contribution in [0.4, 0.5) is 5.00 Å². The molecule has 3 aromatic rings. The normalized spacial score (nSPS) is 12.5. The van der Waals surface area contributed by atoms with Crippen LogP contribution >= 0.6 is 11.3 Å². The van der Waals surface area contributed by atoms with Crippen molar-refractivity contribution in [2.24, 2.45) is 0 Å². The number of fused-ring (bicyclic) bond motifs is 1. The van der Waals surface area contributed by atoms with Crippen molar-refractivity contribution in [2.45, 2.75) is 32.6 Å². The number of aryl methyl sites for hydroxylation is 2. The van der Waals surface area contributed by atoms with Crippen LogP contribution < -0.4 is 14.8 Å². The highest BCUT2D eigenvalue weighted by atomic mass is 32.1. The third-order valence-corrected chi connectivity index (χ3v) is 6.49. The highest BCUT2D eigenvalue weighted by Gasteiger charge is 2.23. The van der Waals surface area contributed by atoms with Gasteiger partial charge in [0.1, 0.15) is 22.1 Å². The number of thiophene rings is 1. The highest BCUT2D eigenvalue weighted by Crippen LogP contribution is 2.38. The molecule has 4 rings (SSSR count). The van der Waals surface area contributed by atoms with Crippen molar-refractivity contribution in [2.75, 3.05) is 25.6 Å². The summed E-state index contributed by atoms with van der Waals surface area (Å²) in [5.41, 5.74) is 4.82. The van der Waals surface area contributed by atoms with Gasteiger partial charge in [-0.1, -0.05) is 24.3 Å². The van der Waals surface area contributed by atoms with Gasteiger partial charge in [0.15, 0.2) is 6.61 Å². The standard InChI is InChI=1S/C26H27NO5S/c1-3-31-26(29)24-22(19-12-11-17-7-4-5-8-18(17)13-19)16-33-25(24)27-23(28)15-32-21-10-6-9-20(14-21)30-2/h6,9-14,16H,3-5,7-8,15H2,1-2H3,(H,27,28). The van der Waals surface area contributed by atoms with Crippen LogP contribution in [-0.4, -0.2) is 32.2 Å². The lowest BCUT2D eigenvalue weighted by molar-refractivity contribution is -0.118. The Labute approximate surface area is 197 Å². The first-order valence-corrected chi connectivity index (χ1v) is 11.9. The van der Waals surface area contributed by atoms with Crippen molar-refractivity contribution in [1.29, 1.82) is 0 Å². The van der Waals surface area contributed by atoms with Crippen LogP contribution in [0.2, 0.25) is 0 Å². The van der Waals surface area contributed by atoms with Crippen LogP contribution in [0.5, 0.6) is 11.5 Å². The summed E-state index contributed by atoms with van der Waals surface area (Å²) in [5, 5.41) is 5.18. The molecule has 1 amide bonds. The molecule has 1 N–H and O–H groups in total. The van der Waals surface area contributed by atoms with Gasteiger partial charge in [-0.15, -0.1) is 11.3 Å². The Bertz CT molecular complexity index is 1150. The summed E-state index contributed by atoms with van der Waals surface area (Å²) < 4.78 is 16.1. The van der Waals surface area contributed by atoms with E-state index in [1.54, 1.807) is 38.3 Å². The summed E-state index contributed by atoms with van der Waals surface area (Å²) in [5.74, 6) is 0.360. The highest BCUT2D eigenvalue weighted by molar-refractivity contribution is 7.15. The number of esters is 1. The molecule has 0 radical (unpaired) electrons. The van der Waals surface area contributed by atoms with E-state index in [9.17, 15) is 9.59 Å². The van der Waals surface area contributed by atoms with E-state index in [1.807, 2.05) is 11.4 Å². The van der Waals surface area contributed by atoms with Gasteiger partial charge in [-0.3, -0.25) is 4.79 Å². The van der Waals surface area contributed by atoms with E-state index < -0.39 is 5.97 Å². The predicted molar refractivity (Wildman–Crippen MR) is 129 cm³/mol. The molecule has 2 aromatic carbocycles. The number of hydrogen-bond donors (Lipinski definition) is 1. The van der Waals surface area contributed by atoms with Gasteiger partial charge in [-0.05, 0) is 61.4 Å². The number of anilines is 1. The molecule has 172 valence electrons. The molecule has 0 unspecified atom stereocenters. The second-order valence-corrected chi connectivity index (χ2v) is 8.66. The average Bonchev–Trinajstić information content (AvgIpc) is 3.26. The van der Waals surface area contributed by atoms with Crippen LogP contribution in [0.15, 0.2) is 47.8 Å². The number of ether oxygens (including phenoxy) is 3. The van der Waals surface area contributed by atoms with E-state index in [0.29, 0.717) is 22.1 Å². The van der Waals surface area contributed by atoms with Crippen molar-refractivity contribution in [3.63, 3.8) is 0 Å². The molecule has 1 heterocycles. The number of nitrogens with one attached hydrogen (secondary N) is 1. The molecule has 1 aliphatic rings. The number of carbonyl (C=O) groups is 2. The number of hydrogen-bond acceptors (Lipinski definition) is 6. The van der Waals surface area contributed by atoms with Crippen LogP contribution in [-0.2, 0) is 22.4 Å². The Morgan fingerprint density at radius 2 is 1.82 bits per heavy atom. The fourth-order valence-electron chi connectivity index (χ4n) is 3.97. The lowest BCUT2D eigenvalue weighted by Gasteiger charge is -2.17. The fraction of sp³-hybridized carbons (Fsp3) is 0.308. The number of amides is 1. The zero-order chi connectivity index (χ0) is 23.2. The van der Waals surface area contributed by atoms with E-state index in [4.69, 9.17) is 14.2 Å². The molecule has 0 spiro atoms. The number of methoxy groups -OCH3 is 1. The van der Waals surface area contributed by atoms with Crippen LogP contribution in [0, 0.1) is 0 Å². The quantitative estimate of drug-likeness (QED) is 0.445. The zero-order valence-electron chi connectivity index (χ0n) is 18.8. The van der Waals surface area contributed by atoms with E-state index in [1.165, 1.54) is 35.3 Å². The summed E-state index contributed by atoms with van der Waals surface area (Å²) in [6.45, 7) is 1.83. The summed E-state index contributed by atoms with van der Waals surface area (Å²) >= 11 is 1.31. The van der Waals surface area contributed by atoms with Gasteiger partial charge in [0.2, 0.25) is 0 Å². The largest absolute Gasteiger partial charge is 0.497 e. The van der Waals surface area contributed by atoms with Crippen LogP contribution in [0.1, 0.15) is 41.3 Å². The molecule has 0 saturated heterocycles. The molecular weight excluding hydrogens is 438 g/mol. The second kappa shape index (κ2) is 10.5. The molecule has 0 atom stereocenters. The minimum absolute atomic E-state index is 0.193. The van der Waals surface area contributed by atoms with Gasteiger partial charge >= 0.3 is 5.97 Å². The lowest BCUT2D eigenvalue weighted by Crippen LogP contribution is -2.21. The molecule has 6 nitrogen and oxygen atoms in total. The van der Waals surface area contributed by atoms with E-state index in [-0.39, 0.29) is 19.1 Å². The first kappa shape index (κ1) is 22.9. The van der Waals surface area contributed by atoms with Crippen molar-refractivity contribution < 1.29 is 23.8 Å². The third kappa shape index (κ3) is 5.37. The van der Waals surface area contributed by atoms with E-state index >= 15 is 0 Å². The molecular formula is C26H27NO5S. The summed E-state index contributed by atoms with van der Waals surface area (Å²) in [6.07, 6.45) is 4.54. The minimum Gasteiger partial charge on any atom is -0.497 e. The van der Waals surface area contributed by atoms with E-state index in [0.717, 1.165) is 24.0 Å². The maximum atomic E-state index is 12.8. The molecule has 7 heteroatoms. The van der Waals surface area contributed by atoms with Gasteiger partial charge in [-0.25, -0.2) is 4.79 Å². The fourth-order valence-corrected chi connectivity index (χ4v) is 4.95. The van der Waals surface area contributed by atoms with Crippen molar-refractivity contribution >= 4 is 28.2 Å². The SMILES string of the molecule is CCOC(=O)c1c(-c2ccc3c(c2)CCCC3)csc1NC(=O)COc1cccc(OC)c1. The number of benzene rings is 2. The molecule has 0 fully saturated rings. The van der Waals surface area contributed by atoms with Gasteiger partial charge in [-0.2, -0.15) is 0 Å². The van der Waals surface area contributed by atoms with Gasteiger partial charge in [0, 0.05) is 17.0 Å². The van der Waals surface area contributed by atoms with Crippen molar-refractivity contribution in [1.82, 2.24) is 0 Å². The summed E-state index contributed by atoms with van der Waals surface area (Å²) in [6, 6.07) is 13.4. The summed E-state index contributed by atoms with van der Waals surface area (Å²) in [4.78, 5) is 25.4. The zero-order valence-corrected chi connectivity index (χ0v) is 19.6. The van der Waals surface area contributed by atoms with Gasteiger partial charge < -0.3 is 19.5 Å². The van der Waals surface area contributed by atoms with Crippen LogP contribution in [0.25, 0.3) is 11.1 Å². The van der Waals surface area contributed by atoms with Gasteiger partial charge in [0.25, 0.3) is 5.91 Å².